The highest BCUT2D eigenvalue weighted by molar-refractivity contribution is 7.91. The van der Waals surface area contributed by atoms with Gasteiger partial charge in [-0.3, -0.25) is 0 Å². The lowest BCUT2D eigenvalue weighted by Gasteiger charge is -2.31. The number of hydrogen-bond donors (Lipinski definition) is 1. The Kier molecular flexibility index (Phi) is 2.84. The van der Waals surface area contributed by atoms with Crippen molar-refractivity contribution >= 4 is 9.84 Å². The highest BCUT2D eigenvalue weighted by Crippen LogP contribution is 2.37. The van der Waals surface area contributed by atoms with Crippen LogP contribution in [0.4, 0.5) is 0 Å². The topological polar surface area (TPSA) is 46.2 Å². The van der Waals surface area contributed by atoms with Crippen molar-refractivity contribution in [3.8, 4) is 0 Å². The van der Waals surface area contributed by atoms with Crippen LogP contribution in [0.3, 0.4) is 0 Å². The van der Waals surface area contributed by atoms with Gasteiger partial charge in [-0.25, -0.2) is 8.42 Å². The number of nitrogens with one attached hydrogen (secondary N) is 1. The Morgan fingerprint density at radius 2 is 1.93 bits per heavy atom. The number of rotatable bonds is 3. The average molecular weight is 231 g/mol. The molecule has 0 aliphatic heterocycles. The maximum absolute atomic E-state index is 11.5. The van der Waals surface area contributed by atoms with Crippen LogP contribution >= 0.6 is 0 Å². The second kappa shape index (κ2) is 3.74. The lowest BCUT2D eigenvalue weighted by Crippen LogP contribution is -2.43. The summed E-state index contributed by atoms with van der Waals surface area (Å²) in [4.78, 5) is 0. The Bertz CT molecular complexity index is 332. The van der Waals surface area contributed by atoms with E-state index in [1.165, 1.54) is 19.1 Å². The van der Waals surface area contributed by atoms with Crippen LogP contribution in [-0.2, 0) is 9.84 Å². The smallest absolute Gasteiger partial charge is 0.150 e. The number of hydrogen-bond acceptors (Lipinski definition) is 3. The zero-order valence-corrected chi connectivity index (χ0v) is 10.4. The molecule has 3 nitrogen and oxygen atoms in total. The minimum atomic E-state index is -2.83. The molecule has 0 spiro atoms. The maximum Gasteiger partial charge on any atom is 0.150 e. The molecule has 0 radical (unpaired) electrons. The summed E-state index contributed by atoms with van der Waals surface area (Å²) in [6.07, 6.45) is 7.72. The van der Waals surface area contributed by atoms with Crippen molar-refractivity contribution in [2.24, 2.45) is 0 Å². The molecule has 0 aromatic carbocycles. The van der Waals surface area contributed by atoms with Crippen molar-refractivity contribution in [1.29, 1.82) is 0 Å². The molecular formula is C11H21NO2S. The predicted octanol–water partition coefficient (Wildman–Crippen LogP) is 1.48. The van der Waals surface area contributed by atoms with E-state index in [0.717, 1.165) is 25.7 Å². The first-order chi connectivity index (χ1) is 6.89. The molecule has 0 bridgehead atoms. The van der Waals surface area contributed by atoms with Crippen molar-refractivity contribution in [3.05, 3.63) is 0 Å². The van der Waals surface area contributed by atoms with Gasteiger partial charge < -0.3 is 5.32 Å². The minimum absolute atomic E-state index is 0.105. The fourth-order valence-corrected chi connectivity index (χ4v) is 3.67. The van der Waals surface area contributed by atoms with Gasteiger partial charge in [-0.05, 0) is 39.0 Å². The third-order valence-corrected chi connectivity index (χ3v) is 5.42. The van der Waals surface area contributed by atoms with Gasteiger partial charge >= 0.3 is 0 Å². The molecule has 2 aliphatic rings. The molecule has 2 rings (SSSR count). The van der Waals surface area contributed by atoms with Crippen LogP contribution in [0.2, 0.25) is 0 Å². The molecule has 0 heterocycles. The lowest BCUT2D eigenvalue weighted by atomic mass is 9.94. The Morgan fingerprint density at radius 3 is 2.47 bits per heavy atom. The van der Waals surface area contributed by atoms with Crippen LogP contribution in [0.5, 0.6) is 0 Å². The third kappa shape index (κ3) is 2.94. The van der Waals surface area contributed by atoms with Gasteiger partial charge in [0, 0.05) is 17.8 Å². The summed E-state index contributed by atoms with van der Waals surface area (Å²) in [5.74, 6) is 0. The SMILES string of the molecule is CC1(NC2CCCC(S(C)(=O)=O)C2)CC1. The van der Waals surface area contributed by atoms with Crippen molar-refractivity contribution in [3.63, 3.8) is 0 Å². The van der Waals surface area contributed by atoms with Crippen molar-refractivity contribution in [2.75, 3.05) is 6.26 Å². The van der Waals surface area contributed by atoms with E-state index in [1.807, 2.05) is 0 Å². The fourth-order valence-electron chi connectivity index (χ4n) is 2.49. The van der Waals surface area contributed by atoms with E-state index in [0.29, 0.717) is 11.6 Å². The first-order valence-electron chi connectivity index (χ1n) is 5.86. The molecule has 0 aromatic heterocycles. The van der Waals surface area contributed by atoms with Gasteiger partial charge in [-0.15, -0.1) is 0 Å². The van der Waals surface area contributed by atoms with E-state index in [1.54, 1.807) is 0 Å². The average Bonchev–Trinajstić information content (AvgIpc) is 2.82. The first-order valence-corrected chi connectivity index (χ1v) is 7.81. The van der Waals surface area contributed by atoms with E-state index < -0.39 is 9.84 Å². The van der Waals surface area contributed by atoms with Crippen LogP contribution in [0.1, 0.15) is 45.4 Å². The maximum atomic E-state index is 11.5. The monoisotopic (exact) mass is 231 g/mol. The third-order valence-electron chi connectivity index (χ3n) is 3.78. The standard InChI is InChI=1S/C11H21NO2S/c1-11(6-7-11)12-9-4-3-5-10(8-9)15(2,13)14/h9-10,12H,3-8H2,1-2H3. The molecule has 2 saturated carbocycles. The largest absolute Gasteiger partial charge is 0.309 e. The molecule has 1 N–H and O–H groups in total. The molecule has 0 aromatic rings. The summed E-state index contributed by atoms with van der Waals surface area (Å²) in [7, 11) is -2.83. The van der Waals surface area contributed by atoms with Crippen LogP contribution < -0.4 is 5.32 Å². The van der Waals surface area contributed by atoms with Crippen LogP contribution in [0, 0.1) is 0 Å². The van der Waals surface area contributed by atoms with Crippen LogP contribution in [0.15, 0.2) is 0 Å². The lowest BCUT2D eigenvalue weighted by molar-refractivity contribution is 0.335. The quantitative estimate of drug-likeness (QED) is 0.800. The molecular weight excluding hydrogens is 210 g/mol. The summed E-state index contributed by atoms with van der Waals surface area (Å²) >= 11 is 0. The van der Waals surface area contributed by atoms with Gasteiger partial charge in [-0.1, -0.05) is 6.42 Å². The van der Waals surface area contributed by atoms with Gasteiger partial charge in [0.1, 0.15) is 9.84 Å². The summed E-state index contributed by atoms with van der Waals surface area (Å²) in [5.41, 5.74) is 0.323. The van der Waals surface area contributed by atoms with E-state index in [-0.39, 0.29) is 5.25 Å². The van der Waals surface area contributed by atoms with E-state index in [9.17, 15) is 8.42 Å². The van der Waals surface area contributed by atoms with Crippen molar-refractivity contribution < 1.29 is 8.42 Å². The van der Waals surface area contributed by atoms with Crippen molar-refractivity contribution in [2.45, 2.75) is 62.3 Å². The Labute approximate surface area is 92.6 Å². The molecule has 0 saturated heterocycles. The summed E-state index contributed by atoms with van der Waals surface area (Å²) in [6, 6.07) is 0.422. The second-order valence-corrected chi connectivity index (χ2v) is 7.85. The van der Waals surface area contributed by atoms with Gasteiger partial charge in [0.25, 0.3) is 0 Å². The molecule has 2 aliphatic carbocycles. The van der Waals surface area contributed by atoms with Gasteiger partial charge in [-0.2, -0.15) is 0 Å². The molecule has 88 valence electrons. The van der Waals surface area contributed by atoms with E-state index in [4.69, 9.17) is 0 Å². The Morgan fingerprint density at radius 1 is 1.27 bits per heavy atom. The normalized spacial score (nSPS) is 35.1. The van der Waals surface area contributed by atoms with E-state index in [2.05, 4.69) is 12.2 Å². The molecule has 4 heteroatoms. The zero-order valence-electron chi connectivity index (χ0n) is 9.62. The fraction of sp³-hybridized carbons (Fsp3) is 1.00. The predicted molar refractivity (Wildman–Crippen MR) is 61.7 cm³/mol. The first kappa shape index (κ1) is 11.4. The highest BCUT2D eigenvalue weighted by Gasteiger charge is 2.40. The summed E-state index contributed by atoms with van der Waals surface area (Å²) in [6.45, 7) is 2.23. The second-order valence-electron chi connectivity index (χ2n) is 5.52. The van der Waals surface area contributed by atoms with E-state index >= 15 is 0 Å². The Hall–Kier alpha value is -0.0900. The zero-order chi connectivity index (χ0) is 11.1. The summed E-state index contributed by atoms with van der Waals surface area (Å²) < 4.78 is 23.0. The Balaban J connectivity index is 1.92. The molecule has 2 atom stereocenters. The van der Waals surface area contributed by atoms with Crippen molar-refractivity contribution in [1.82, 2.24) is 5.32 Å². The van der Waals surface area contributed by atoms with Gasteiger partial charge in [0.05, 0.1) is 5.25 Å². The molecule has 2 unspecified atom stereocenters. The van der Waals surface area contributed by atoms with Gasteiger partial charge in [0.15, 0.2) is 0 Å². The number of sulfone groups is 1. The highest BCUT2D eigenvalue weighted by atomic mass is 32.2. The summed E-state index contributed by atoms with van der Waals surface area (Å²) in [5, 5.41) is 3.50. The van der Waals surface area contributed by atoms with Gasteiger partial charge in [0.2, 0.25) is 0 Å². The molecule has 2 fully saturated rings. The van der Waals surface area contributed by atoms with Crippen LogP contribution in [-0.4, -0.2) is 31.5 Å². The molecule has 15 heavy (non-hydrogen) atoms. The molecule has 0 amide bonds. The minimum Gasteiger partial charge on any atom is -0.309 e. The van der Waals surface area contributed by atoms with Crippen LogP contribution in [0.25, 0.3) is 0 Å².